The molecule has 1 unspecified atom stereocenters. The van der Waals surface area contributed by atoms with Crippen molar-refractivity contribution in [3.63, 3.8) is 0 Å². The van der Waals surface area contributed by atoms with Crippen molar-refractivity contribution in [3.8, 4) is 17.2 Å². The highest BCUT2D eigenvalue weighted by Crippen LogP contribution is 2.37. The van der Waals surface area contributed by atoms with Crippen LogP contribution in [0.25, 0.3) is 6.08 Å². The van der Waals surface area contributed by atoms with Crippen LogP contribution in [0.2, 0.25) is 5.02 Å². The molecule has 6 nitrogen and oxygen atoms in total. The van der Waals surface area contributed by atoms with Gasteiger partial charge in [-0.3, -0.25) is 4.79 Å². The van der Waals surface area contributed by atoms with Crippen molar-refractivity contribution in [1.29, 1.82) is 0 Å². The second-order valence-electron chi connectivity index (χ2n) is 5.55. The second kappa shape index (κ2) is 8.45. The number of benzene rings is 2. The Kier molecular flexibility index (Phi) is 6.03. The van der Waals surface area contributed by atoms with Crippen LogP contribution in [0, 0.1) is 0 Å². The Morgan fingerprint density at radius 1 is 1.11 bits per heavy atom. The maximum atomic E-state index is 12.4. The highest BCUT2D eigenvalue weighted by molar-refractivity contribution is 8.05. The van der Waals surface area contributed by atoms with Crippen LogP contribution < -0.4 is 24.8 Å². The lowest BCUT2D eigenvalue weighted by Crippen LogP contribution is -2.31. The summed E-state index contributed by atoms with van der Waals surface area (Å²) in [6, 6.07) is 10.8. The molecule has 27 heavy (non-hydrogen) atoms. The van der Waals surface area contributed by atoms with E-state index in [0.29, 0.717) is 32.9 Å². The predicted molar refractivity (Wildman–Crippen MR) is 109 cm³/mol. The van der Waals surface area contributed by atoms with Crippen LogP contribution in [0.5, 0.6) is 17.2 Å². The van der Waals surface area contributed by atoms with E-state index in [4.69, 9.17) is 25.8 Å². The van der Waals surface area contributed by atoms with Gasteiger partial charge in [0, 0.05) is 10.6 Å². The van der Waals surface area contributed by atoms with Gasteiger partial charge < -0.3 is 24.8 Å². The number of carbonyl (C=O) groups is 1. The largest absolute Gasteiger partial charge is 0.495 e. The summed E-state index contributed by atoms with van der Waals surface area (Å²) in [5.41, 5.74) is 1.10. The van der Waals surface area contributed by atoms with Crippen LogP contribution in [0.15, 0.2) is 41.3 Å². The number of methoxy groups -OCH3 is 3. The SMILES string of the molecule is COc1ccc(Cl)cc1NC1NC(=O)/C(=C/c2cccc(OC)c2OC)S1. The fourth-order valence-corrected chi connectivity index (χ4v) is 3.81. The summed E-state index contributed by atoms with van der Waals surface area (Å²) in [5.74, 6) is 1.65. The molecule has 0 saturated carbocycles. The minimum Gasteiger partial charge on any atom is -0.495 e. The Hall–Kier alpha value is -2.51. The quantitative estimate of drug-likeness (QED) is 0.707. The number of thioether (sulfide) groups is 1. The zero-order chi connectivity index (χ0) is 19.4. The first-order chi connectivity index (χ1) is 13.0. The molecule has 0 aromatic heterocycles. The van der Waals surface area contributed by atoms with Crippen LogP contribution >= 0.6 is 23.4 Å². The Bertz CT molecular complexity index is 888. The van der Waals surface area contributed by atoms with Gasteiger partial charge in [-0.25, -0.2) is 0 Å². The van der Waals surface area contributed by atoms with E-state index in [1.807, 2.05) is 12.1 Å². The van der Waals surface area contributed by atoms with E-state index < -0.39 is 0 Å². The number of nitrogens with one attached hydrogen (secondary N) is 2. The van der Waals surface area contributed by atoms with Gasteiger partial charge in [0.1, 0.15) is 5.75 Å². The molecule has 2 aromatic carbocycles. The zero-order valence-electron chi connectivity index (χ0n) is 15.0. The van der Waals surface area contributed by atoms with Gasteiger partial charge in [-0.15, -0.1) is 0 Å². The lowest BCUT2D eigenvalue weighted by atomic mass is 10.1. The molecule has 2 aromatic rings. The van der Waals surface area contributed by atoms with Crippen LogP contribution in [0.1, 0.15) is 5.56 Å². The molecule has 1 amide bonds. The molecule has 142 valence electrons. The molecule has 0 radical (unpaired) electrons. The Labute approximate surface area is 166 Å². The normalized spacial score (nSPS) is 17.6. The van der Waals surface area contributed by atoms with E-state index in [-0.39, 0.29) is 11.4 Å². The molecule has 1 atom stereocenters. The maximum absolute atomic E-state index is 12.4. The van der Waals surface area contributed by atoms with Gasteiger partial charge in [0.2, 0.25) is 0 Å². The first kappa shape index (κ1) is 19.3. The molecule has 1 fully saturated rings. The van der Waals surface area contributed by atoms with Crippen molar-refractivity contribution >= 4 is 41.0 Å². The third-order valence-electron chi connectivity index (χ3n) is 3.90. The number of carbonyl (C=O) groups excluding carboxylic acids is 1. The molecular formula is C19H19ClN2O4S. The first-order valence-electron chi connectivity index (χ1n) is 8.06. The molecule has 0 spiro atoms. The van der Waals surface area contributed by atoms with Crippen LogP contribution in [0.3, 0.4) is 0 Å². The average Bonchev–Trinajstić information content (AvgIpc) is 3.00. The van der Waals surface area contributed by atoms with E-state index in [0.717, 1.165) is 5.56 Å². The number of ether oxygens (including phenoxy) is 3. The molecule has 1 aliphatic rings. The lowest BCUT2D eigenvalue weighted by molar-refractivity contribution is -0.116. The molecule has 2 N–H and O–H groups in total. The van der Waals surface area contributed by atoms with Gasteiger partial charge in [-0.05, 0) is 30.3 Å². The second-order valence-corrected chi connectivity index (χ2v) is 7.14. The van der Waals surface area contributed by atoms with Crippen molar-refractivity contribution in [2.75, 3.05) is 26.6 Å². The first-order valence-corrected chi connectivity index (χ1v) is 9.31. The highest BCUT2D eigenvalue weighted by atomic mass is 35.5. The highest BCUT2D eigenvalue weighted by Gasteiger charge is 2.28. The van der Waals surface area contributed by atoms with E-state index in [2.05, 4.69) is 10.6 Å². The Morgan fingerprint density at radius 2 is 1.89 bits per heavy atom. The number of hydrogen-bond donors (Lipinski definition) is 2. The molecule has 3 rings (SSSR count). The van der Waals surface area contributed by atoms with Gasteiger partial charge in [0.25, 0.3) is 5.91 Å². The summed E-state index contributed by atoms with van der Waals surface area (Å²) in [4.78, 5) is 12.9. The van der Waals surface area contributed by atoms with Crippen molar-refractivity contribution in [1.82, 2.24) is 5.32 Å². The molecule has 0 bridgehead atoms. The summed E-state index contributed by atoms with van der Waals surface area (Å²) in [6.07, 6.45) is 1.78. The number of amides is 1. The lowest BCUT2D eigenvalue weighted by Gasteiger charge is -2.15. The summed E-state index contributed by atoms with van der Waals surface area (Å²) >= 11 is 7.42. The number of hydrogen-bond acceptors (Lipinski definition) is 6. The van der Waals surface area contributed by atoms with Gasteiger partial charge in [-0.2, -0.15) is 0 Å². The van der Waals surface area contributed by atoms with Gasteiger partial charge in [0.05, 0.1) is 31.9 Å². The van der Waals surface area contributed by atoms with E-state index in [1.54, 1.807) is 51.7 Å². The number of rotatable bonds is 6. The monoisotopic (exact) mass is 406 g/mol. The number of para-hydroxylation sites is 1. The Morgan fingerprint density at radius 3 is 2.59 bits per heavy atom. The molecular weight excluding hydrogens is 388 g/mol. The van der Waals surface area contributed by atoms with Crippen molar-refractivity contribution in [3.05, 3.63) is 51.9 Å². The standard InChI is InChI=1S/C19H19ClN2O4S/c1-24-14-8-7-12(20)10-13(14)21-19-22-18(23)16(27-19)9-11-5-4-6-15(25-2)17(11)26-3/h4-10,19,21H,1-3H3,(H,22,23)/b16-9-. The number of halogens is 1. The van der Waals surface area contributed by atoms with Crippen LogP contribution in [0.4, 0.5) is 5.69 Å². The van der Waals surface area contributed by atoms with Gasteiger partial charge >= 0.3 is 0 Å². The number of anilines is 1. The van der Waals surface area contributed by atoms with E-state index >= 15 is 0 Å². The molecule has 8 heteroatoms. The van der Waals surface area contributed by atoms with E-state index in [1.165, 1.54) is 11.8 Å². The molecule has 0 aliphatic carbocycles. The van der Waals surface area contributed by atoms with Crippen molar-refractivity contribution in [2.24, 2.45) is 0 Å². The van der Waals surface area contributed by atoms with Gasteiger partial charge in [-0.1, -0.05) is 35.5 Å². The van der Waals surface area contributed by atoms with Crippen LogP contribution in [-0.4, -0.2) is 32.7 Å². The topological polar surface area (TPSA) is 68.8 Å². The summed E-state index contributed by atoms with van der Waals surface area (Å²) in [5, 5.41) is 6.68. The van der Waals surface area contributed by atoms with Crippen molar-refractivity contribution in [2.45, 2.75) is 5.50 Å². The van der Waals surface area contributed by atoms with E-state index in [9.17, 15) is 4.79 Å². The minimum atomic E-state index is -0.354. The summed E-state index contributed by atoms with van der Waals surface area (Å²) in [6.45, 7) is 0. The predicted octanol–water partition coefficient (Wildman–Crippen LogP) is 3.97. The smallest absolute Gasteiger partial charge is 0.260 e. The minimum absolute atomic E-state index is 0.177. The summed E-state index contributed by atoms with van der Waals surface area (Å²) in [7, 11) is 4.72. The zero-order valence-corrected chi connectivity index (χ0v) is 16.6. The fraction of sp³-hybridized carbons (Fsp3) is 0.211. The fourth-order valence-electron chi connectivity index (χ4n) is 2.67. The third kappa shape index (κ3) is 4.26. The average molecular weight is 407 g/mol. The molecule has 1 heterocycles. The maximum Gasteiger partial charge on any atom is 0.260 e. The third-order valence-corrected chi connectivity index (χ3v) is 5.16. The van der Waals surface area contributed by atoms with Crippen LogP contribution in [-0.2, 0) is 4.79 Å². The Balaban J connectivity index is 1.82. The molecule has 1 aliphatic heterocycles. The summed E-state index contributed by atoms with van der Waals surface area (Å²) < 4.78 is 16.1. The van der Waals surface area contributed by atoms with Gasteiger partial charge in [0.15, 0.2) is 17.0 Å². The molecule has 1 saturated heterocycles. The van der Waals surface area contributed by atoms with Crippen molar-refractivity contribution < 1.29 is 19.0 Å².